The first kappa shape index (κ1) is 21.4. The SMILES string of the molecule is COc1ncnc2cc3c(cc12)N(C)C(=O)[C@@H](NC(=O)c1cn(Cc2ccccc2)cn1)CO3. The van der Waals surface area contributed by atoms with Crippen LogP contribution in [0.25, 0.3) is 10.9 Å². The van der Waals surface area contributed by atoms with Gasteiger partial charge < -0.3 is 24.3 Å². The lowest BCUT2D eigenvalue weighted by Crippen LogP contribution is -2.49. The first-order chi connectivity index (χ1) is 16.5. The number of aromatic nitrogens is 4. The minimum Gasteiger partial charge on any atom is -0.489 e. The third kappa shape index (κ3) is 4.01. The van der Waals surface area contributed by atoms with Gasteiger partial charge in [-0.3, -0.25) is 9.59 Å². The number of carbonyl (C=O) groups is 2. The number of methoxy groups -OCH3 is 1. The maximum atomic E-state index is 13.2. The smallest absolute Gasteiger partial charge is 0.272 e. The Morgan fingerprint density at radius 1 is 1.21 bits per heavy atom. The van der Waals surface area contributed by atoms with Gasteiger partial charge in [0.2, 0.25) is 5.88 Å². The number of benzene rings is 2. The summed E-state index contributed by atoms with van der Waals surface area (Å²) in [6.07, 6.45) is 4.65. The Morgan fingerprint density at radius 3 is 2.82 bits per heavy atom. The van der Waals surface area contributed by atoms with Crippen molar-refractivity contribution in [3.05, 3.63) is 72.6 Å². The molecule has 0 saturated carbocycles. The highest BCUT2D eigenvalue weighted by atomic mass is 16.5. The standard InChI is InChI=1S/C24H22N6O4/c1-29-20-8-16-17(25-13-26-23(16)33-2)9-21(20)34-12-19(24(29)32)28-22(31)18-11-30(14-27-18)10-15-6-4-3-5-7-15/h3-9,11,13-14,19H,10,12H2,1-2H3,(H,28,31)/t19-/m0/s1. The predicted molar refractivity (Wildman–Crippen MR) is 124 cm³/mol. The van der Waals surface area contributed by atoms with Crippen LogP contribution in [-0.2, 0) is 11.3 Å². The second kappa shape index (κ2) is 8.81. The summed E-state index contributed by atoms with van der Waals surface area (Å²) < 4.78 is 13.0. The van der Waals surface area contributed by atoms with Crippen molar-refractivity contribution in [3.63, 3.8) is 0 Å². The number of imidazole rings is 1. The van der Waals surface area contributed by atoms with Crippen molar-refractivity contribution in [1.82, 2.24) is 24.8 Å². The van der Waals surface area contributed by atoms with Crippen LogP contribution in [0.4, 0.5) is 5.69 Å². The predicted octanol–water partition coefficient (Wildman–Crippen LogP) is 2.04. The number of likely N-dealkylation sites (N-methyl/N-ethyl adjacent to an activating group) is 1. The number of amides is 2. The number of anilines is 1. The van der Waals surface area contributed by atoms with Gasteiger partial charge in [-0.05, 0) is 11.6 Å². The number of nitrogens with one attached hydrogen (secondary N) is 1. The van der Waals surface area contributed by atoms with E-state index in [0.717, 1.165) is 5.56 Å². The van der Waals surface area contributed by atoms with E-state index in [1.54, 1.807) is 31.7 Å². The molecule has 172 valence electrons. The Hall–Kier alpha value is -4.47. The molecule has 0 unspecified atom stereocenters. The number of fused-ring (bicyclic) bond motifs is 2. The quantitative estimate of drug-likeness (QED) is 0.487. The maximum absolute atomic E-state index is 13.2. The zero-order valence-corrected chi connectivity index (χ0v) is 18.6. The van der Waals surface area contributed by atoms with E-state index >= 15 is 0 Å². The van der Waals surface area contributed by atoms with Gasteiger partial charge in [0.25, 0.3) is 11.8 Å². The molecule has 1 aliphatic rings. The number of rotatable bonds is 5. The number of carbonyl (C=O) groups excluding carboxylic acids is 2. The van der Waals surface area contributed by atoms with E-state index in [2.05, 4.69) is 20.3 Å². The third-order valence-electron chi connectivity index (χ3n) is 5.65. The molecule has 2 aromatic carbocycles. The molecule has 2 amide bonds. The van der Waals surface area contributed by atoms with Crippen molar-refractivity contribution in [2.45, 2.75) is 12.6 Å². The van der Waals surface area contributed by atoms with E-state index in [4.69, 9.17) is 9.47 Å². The van der Waals surface area contributed by atoms with Crippen molar-refractivity contribution in [2.75, 3.05) is 25.7 Å². The molecule has 2 aromatic heterocycles. The van der Waals surface area contributed by atoms with Crippen LogP contribution in [0.3, 0.4) is 0 Å². The van der Waals surface area contributed by atoms with Gasteiger partial charge in [0.1, 0.15) is 30.4 Å². The summed E-state index contributed by atoms with van der Waals surface area (Å²) in [5, 5.41) is 3.40. The van der Waals surface area contributed by atoms with Gasteiger partial charge in [0, 0.05) is 25.9 Å². The van der Waals surface area contributed by atoms with Crippen molar-refractivity contribution in [2.24, 2.45) is 0 Å². The number of ether oxygens (including phenoxy) is 2. The molecule has 0 spiro atoms. The van der Waals surface area contributed by atoms with Gasteiger partial charge in [-0.1, -0.05) is 30.3 Å². The van der Waals surface area contributed by atoms with Crippen molar-refractivity contribution >= 4 is 28.4 Å². The highest BCUT2D eigenvalue weighted by Crippen LogP contribution is 2.36. The average molecular weight is 458 g/mol. The van der Waals surface area contributed by atoms with Gasteiger partial charge in [-0.25, -0.2) is 15.0 Å². The van der Waals surface area contributed by atoms with Crippen LogP contribution < -0.4 is 19.7 Å². The fourth-order valence-electron chi connectivity index (χ4n) is 3.88. The maximum Gasteiger partial charge on any atom is 0.272 e. The summed E-state index contributed by atoms with van der Waals surface area (Å²) in [4.78, 5) is 40.0. The highest BCUT2D eigenvalue weighted by Gasteiger charge is 2.32. The molecule has 4 aromatic rings. The molecule has 1 N–H and O–H groups in total. The van der Waals surface area contributed by atoms with Gasteiger partial charge in [0.05, 0.1) is 30.0 Å². The molecule has 1 atom stereocenters. The number of nitrogens with zero attached hydrogens (tertiary/aromatic N) is 5. The summed E-state index contributed by atoms with van der Waals surface area (Å²) in [5.74, 6) is 0.110. The van der Waals surface area contributed by atoms with Crippen LogP contribution in [-0.4, -0.2) is 58.1 Å². The lowest BCUT2D eigenvalue weighted by atomic mass is 10.2. The molecule has 0 fully saturated rings. The molecule has 10 heteroatoms. The minimum absolute atomic E-state index is 0.0274. The van der Waals surface area contributed by atoms with Crippen LogP contribution in [0.5, 0.6) is 11.6 Å². The Balaban J connectivity index is 1.34. The zero-order valence-electron chi connectivity index (χ0n) is 18.6. The van der Waals surface area contributed by atoms with E-state index in [0.29, 0.717) is 34.8 Å². The van der Waals surface area contributed by atoms with E-state index < -0.39 is 11.9 Å². The summed E-state index contributed by atoms with van der Waals surface area (Å²) in [6.45, 7) is 0.560. The van der Waals surface area contributed by atoms with Crippen molar-refractivity contribution in [3.8, 4) is 11.6 Å². The van der Waals surface area contributed by atoms with Gasteiger partial charge in [0.15, 0.2) is 0 Å². The monoisotopic (exact) mass is 458 g/mol. The molecule has 0 aliphatic carbocycles. The lowest BCUT2D eigenvalue weighted by molar-refractivity contribution is -0.120. The van der Waals surface area contributed by atoms with Crippen LogP contribution in [0.1, 0.15) is 16.1 Å². The summed E-state index contributed by atoms with van der Waals surface area (Å²) in [5.41, 5.74) is 2.47. The molecule has 5 rings (SSSR count). The van der Waals surface area contributed by atoms with E-state index in [9.17, 15) is 9.59 Å². The molecule has 3 heterocycles. The molecular weight excluding hydrogens is 436 g/mol. The average Bonchev–Trinajstić information content (AvgIpc) is 3.29. The number of hydrogen-bond donors (Lipinski definition) is 1. The molecule has 10 nitrogen and oxygen atoms in total. The summed E-state index contributed by atoms with van der Waals surface area (Å²) in [7, 11) is 3.15. The molecule has 0 radical (unpaired) electrons. The molecule has 34 heavy (non-hydrogen) atoms. The second-order valence-electron chi connectivity index (χ2n) is 7.87. The highest BCUT2D eigenvalue weighted by molar-refractivity contribution is 6.04. The van der Waals surface area contributed by atoms with Crippen LogP contribution in [0, 0.1) is 0 Å². The summed E-state index contributed by atoms with van der Waals surface area (Å²) in [6, 6.07) is 12.4. The molecule has 1 aliphatic heterocycles. The van der Waals surface area contributed by atoms with Crippen molar-refractivity contribution < 1.29 is 19.1 Å². The topological polar surface area (TPSA) is 111 Å². The Kier molecular flexibility index (Phi) is 5.54. The Morgan fingerprint density at radius 2 is 2.03 bits per heavy atom. The normalized spacial score (nSPS) is 15.4. The third-order valence-corrected chi connectivity index (χ3v) is 5.65. The first-order valence-electron chi connectivity index (χ1n) is 10.6. The second-order valence-corrected chi connectivity index (χ2v) is 7.87. The van der Waals surface area contributed by atoms with Crippen LogP contribution >= 0.6 is 0 Å². The van der Waals surface area contributed by atoms with E-state index in [-0.39, 0.29) is 18.2 Å². The lowest BCUT2D eigenvalue weighted by Gasteiger charge is -2.20. The van der Waals surface area contributed by atoms with Crippen LogP contribution in [0.15, 0.2) is 61.3 Å². The molecule has 0 saturated heterocycles. The fourth-order valence-corrected chi connectivity index (χ4v) is 3.88. The van der Waals surface area contributed by atoms with Crippen LogP contribution in [0.2, 0.25) is 0 Å². The zero-order chi connectivity index (χ0) is 23.7. The van der Waals surface area contributed by atoms with Gasteiger partial charge >= 0.3 is 0 Å². The fraction of sp³-hybridized carbons (Fsp3) is 0.208. The van der Waals surface area contributed by atoms with E-state index in [1.165, 1.54) is 18.3 Å². The summed E-state index contributed by atoms with van der Waals surface area (Å²) >= 11 is 0. The first-order valence-corrected chi connectivity index (χ1v) is 10.6. The van der Waals surface area contributed by atoms with E-state index in [1.807, 2.05) is 34.9 Å². The van der Waals surface area contributed by atoms with Gasteiger partial charge in [-0.15, -0.1) is 0 Å². The Bertz CT molecular complexity index is 1370. The largest absolute Gasteiger partial charge is 0.489 e. The van der Waals surface area contributed by atoms with Crippen molar-refractivity contribution in [1.29, 1.82) is 0 Å². The van der Waals surface area contributed by atoms with Gasteiger partial charge in [-0.2, -0.15) is 0 Å². The molecular formula is C24H22N6O4. The minimum atomic E-state index is -0.889. The number of hydrogen-bond acceptors (Lipinski definition) is 7. The Labute approximate surface area is 195 Å². The molecule has 0 bridgehead atoms.